The van der Waals surface area contributed by atoms with E-state index < -0.39 is 0 Å². The number of hydrogen-bond acceptors (Lipinski definition) is 3. The molecule has 3 aromatic rings. The van der Waals surface area contributed by atoms with E-state index in [1.165, 1.54) is 0 Å². The molecule has 0 saturated carbocycles. The van der Waals surface area contributed by atoms with Crippen LogP contribution in [0.5, 0.6) is 5.75 Å². The van der Waals surface area contributed by atoms with Crippen molar-refractivity contribution in [3.63, 3.8) is 0 Å². The Hall–Kier alpha value is -2.82. The zero-order valence-corrected chi connectivity index (χ0v) is 13.8. The van der Waals surface area contributed by atoms with E-state index in [4.69, 9.17) is 0 Å². The highest BCUT2D eigenvalue weighted by Gasteiger charge is 2.25. The minimum atomic E-state index is -0.288. The third kappa shape index (κ3) is 2.97. The fourth-order valence-electron chi connectivity index (χ4n) is 2.85. The molecule has 3 rings (SSSR count). The highest BCUT2D eigenvalue weighted by Crippen LogP contribution is 2.35. The van der Waals surface area contributed by atoms with Gasteiger partial charge in [-0.25, -0.2) is 0 Å². The third-order valence-corrected chi connectivity index (χ3v) is 4.47. The molecule has 1 aromatic carbocycles. The lowest BCUT2D eigenvalue weighted by Crippen LogP contribution is -2.32. The Morgan fingerprint density at radius 3 is 2.88 bits per heavy atom. The Kier molecular flexibility index (Phi) is 4.51. The van der Waals surface area contributed by atoms with Gasteiger partial charge in [-0.2, -0.15) is 0 Å². The number of nitrogens with one attached hydrogen (secondary N) is 2. The SMILES string of the molecule is CCC(C)C(NC(=O)c1cc[nH]c1)c1ccc2cccnc2c1O. The molecule has 2 heterocycles. The molecule has 0 aliphatic rings. The van der Waals surface area contributed by atoms with Crippen molar-refractivity contribution in [2.75, 3.05) is 0 Å². The van der Waals surface area contributed by atoms with Gasteiger partial charge in [-0.15, -0.1) is 0 Å². The topological polar surface area (TPSA) is 78.0 Å². The first kappa shape index (κ1) is 16.1. The van der Waals surface area contributed by atoms with E-state index >= 15 is 0 Å². The van der Waals surface area contributed by atoms with Crippen molar-refractivity contribution in [2.24, 2.45) is 5.92 Å². The Bertz CT molecular complexity index is 843. The van der Waals surface area contributed by atoms with Crippen LogP contribution in [-0.2, 0) is 0 Å². The number of rotatable bonds is 5. The highest BCUT2D eigenvalue weighted by atomic mass is 16.3. The molecule has 24 heavy (non-hydrogen) atoms. The van der Waals surface area contributed by atoms with Crippen LogP contribution in [0.2, 0.25) is 0 Å². The molecule has 2 unspecified atom stereocenters. The number of aromatic hydroxyl groups is 1. The zero-order chi connectivity index (χ0) is 17.1. The molecule has 0 bridgehead atoms. The number of benzene rings is 1. The molecular formula is C19H21N3O2. The maximum absolute atomic E-state index is 12.5. The van der Waals surface area contributed by atoms with Crippen molar-refractivity contribution >= 4 is 16.8 Å². The van der Waals surface area contributed by atoms with Gasteiger partial charge in [0, 0.05) is 29.5 Å². The number of carbonyl (C=O) groups is 1. The number of nitrogens with zero attached hydrogens (tertiary/aromatic N) is 1. The average molecular weight is 323 g/mol. The van der Waals surface area contributed by atoms with Crippen LogP contribution in [0.1, 0.15) is 42.2 Å². The lowest BCUT2D eigenvalue weighted by molar-refractivity contribution is 0.0922. The van der Waals surface area contributed by atoms with Gasteiger partial charge in [-0.05, 0) is 18.1 Å². The summed E-state index contributed by atoms with van der Waals surface area (Å²) in [6, 6.07) is 8.97. The van der Waals surface area contributed by atoms with Crippen molar-refractivity contribution in [1.82, 2.24) is 15.3 Å². The summed E-state index contributed by atoms with van der Waals surface area (Å²) in [4.78, 5) is 19.6. The number of hydrogen-bond donors (Lipinski definition) is 3. The number of fused-ring (bicyclic) bond motifs is 1. The monoisotopic (exact) mass is 323 g/mol. The van der Waals surface area contributed by atoms with Gasteiger partial charge in [0.25, 0.3) is 5.91 Å². The minimum absolute atomic E-state index is 0.132. The maximum atomic E-state index is 12.5. The van der Waals surface area contributed by atoms with Crippen molar-refractivity contribution < 1.29 is 9.90 Å². The van der Waals surface area contributed by atoms with Crippen LogP contribution >= 0.6 is 0 Å². The molecule has 2 aromatic heterocycles. The van der Waals surface area contributed by atoms with Crippen molar-refractivity contribution in [2.45, 2.75) is 26.3 Å². The second-order valence-electron chi connectivity index (χ2n) is 6.01. The van der Waals surface area contributed by atoms with Gasteiger partial charge in [0.1, 0.15) is 11.3 Å². The number of amides is 1. The Balaban J connectivity index is 2.00. The fourth-order valence-corrected chi connectivity index (χ4v) is 2.85. The van der Waals surface area contributed by atoms with Gasteiger partial charge >= 0.3 is 0 Å². The van der Waals surface area contributed by atoms with Gasteiger partial charge in [-0.3, -0.25) is 9.78 Å². The van der Waals surface area contributed by atoms with Crippen LogP contribution in [-0.4, -0.2) is 21.0 Å². The van der Waals surface area contributed by atoms with E-state index in [1.807, 2.05) is 24.3 Å². The summed E-state index contributed by atoms with van der Waals surface area (Å²) in [5.74, 6) is 0.134. The Morgan fingerprint density at radius 1 is 1.33 bits per heavy atom. The van der Waals surface area contributed by atoms with Crippen LogP contribution in [0, 0.1) is 5.92 Å². The maximum Gasteiger partial charge on any atom is 0.253 e. The van der Waals surface area contributed by atoms with E-state index in [0.29, 0.717) is 16.6 Å². The lowest BCUT2D eigenvalue weighted by Gasteiger charge is -2.25. The fraction of sp³-hybridized carbons (Fsp3) is 0.263. The van der Waals surface area contributed by atoms with Gasteiger partial charge < -0.3 is 15.4 Å². The number of H-pyrrole nitrogens is 1. The summed E-state index contributed by atoms with van der Waals surface area (Å²) in [7, 11) is 0. The largest absolute Gasteiger partial charge is 0.505 e. The third-order valence-electron chi connectivity index (χ3n) is 4.47. The van der Waals surface area contributed by atoms with Gasteiger partial charge in [0.2, 0.25) is 0 Å². The summed E-state index contributed by atoms with van der Waals surface area (Å²) in [6.07, 6.45) is 5.90. The number of phenols is 1. The first-order chi connectivity index (χ1) is 11.6. The predicted molar refractivity (Wildman–Crippen MR) is 93.9 cm³/mol. The molecule has 0 spiro atoms. The quantitative estimate of drug-likeness (QED) is 0.668. The number of phenolic OH excluding ortho intramolecular Hbond substituents is 1. The Labute approximate surface area is 140 Å². The van der Waals surface area contributed by atoms with Crippen LogP contribution in [0.3, 0.4) is 0 Å². The second kappa shape index (κ2) is 6.74. The molecule has 5 nitrogen and oxygen atoms in total. The first-order valence-electron chi connectivity index (χ1n) is 8.12. The molecule has 5 heteroatoms. The molecule has 0 aliphatic carbocycles. The van der Waals surface area contributed by atoms with Crippen molar-refractivity contribution in [1.29, 1.82) is 0 Å². The number of aromatic amines is 1. The van der Waals surface area contributed by atoms with E-state index in [-0.39, 0.29) is 23.6 Å². The van der Waals surface area contributed by atoms with Crippen LogP contribution < -0.4 is 5.32 Å². The molecule has 3 N–H and O–H groups in total. The van der Waals surface area contributed by atoms with Crippen LogP contribution in [0.25, 0.3) is 10.9 Å². The van der Waals surface area contributed by atoms with Crippen molar-refractivity contribution in [3.05, 3.63) is 60.0 Å². The molecule has 0 aliphatic heterocycles. The van der Waals surface area contributed by atoms with Crippen molar-refractivity contribution in [3.8, 4) is 5.75 Å². The highest BCUT2D eigenvalue weighted by molar-refractivity contribution is 5.94. The van der Waals surface area contributed by atoms with Gasteiger partial charge in [0.05, 0.1) is 11.6 Å². The number of carbonyl (C=O) groups excluding carboxylic acids is 1. The predicted octanol–water partition coefficient (Wildman–Crippen LogP) is 3.79. The minimum Gasteiger partial charge on any atom is -0.505 e. The molecular weight excluding hydrogens is 302 g/mol. The molecule has 124 valence electrons. The van der Waals surface area contributed by atoms with E-state index in [2.05, 4.69) is 29.1 Å². The Morgan fingerprint density at radius 2 is 2.17 bits per heavy atom. The summed E-state index contributed by atoms with van der Waals surface area (Å²) in [6.45, 7) is 4.13. The molecule has 2 atom stereocenters. The lowest BCUT2D eigenvalue weighted by atomic mass is 9.90. The smallest absolute Gasteiger partial charge is 0.253 e. The summed E-state index contributed by atoms with van der Waals surface area (Å²) in [5.41, 5.74) is 1.82. The molecule has 0 radical (unpaired) electrons. The molecule has 0 saturated heterocycles. The van der Waals surface area contributed by atoms with Gasteiger partial charge in [0.15, 0.2) is 0 Å². The van der Waals surface area contributed by atoms with E-state index in [0.717, 1.165) is 11.8 Å². The average Bonchev–Trinajstić information content (AvgIpc) is 3.14. The summed E-state index contributed by atoms with van der Waals surface area (Å²) >= 11 is 0. The zero-order valence-electron chi connectivity index (χ0n) is 13.8. The second-order valence-corrected chi connectivity index (χ2v) is 6.01. The standard InChI is InChI=1S/C19H21N3O2/c1-3-12(2)16(22-19(24)14-8-10-20-11-14)15-7-6-13-5-4-9-21-17(13)18(15)23/h4-12,16,20,23H,3H2,1-2H3,(H,22,24). The first-order valence-corrected chi connectivity index (χ1v) is 8.12. The normalized spacial score (nSPS) is 13.6. The summed E-state index contributed by atoms with van der Waals surface area (Å²) in [5, 5.41) is 14.6. The van der Waals surface area contributed by atoms with Crippen LogP contribution in [0.4, 0.5) is 0 Å². The van der Waals surface area contributed by atoms with E-state index in [9.17, 15) is 9.90 Å². The summed E-state index contributed by atoms with van der Waals surface area (Å²) < 4.78 is 0. The molecule has 1 amide bonds. The number of aromatic nitrogens is 2. The number of pyridine rings is 1. The van der Waals surface area contributed by atoms with E-state index in [1.54, 1.807) is 24.7 Å². The van der Waals surface area contributed by atoms with Gasteiger partial charge in [-0.1, -0.05) is 38.5 Å². The molecule has 0 fully saturated rings. The van der Waals surface area contributed by atoms with Crippen LogP contribution in [0.15, 0.2) is 48.9 Å².